The van der Waals surface area contributed by atoms with Crippen LogP contribution >= 0.6 is 23.4 Å². The number of rotatable bonds is 23. The molecule has 0 aliphatic heterocycles. The molecule has 0 amide bonds. The maximum atomic E-state index is 5.81. The van der Waals surface area contributed by atoms with Gasteiger partial charge in [0.15, 0.2) is 0 Å². The average Bonchev–Trinajstić information content (AvgIpc) is 3.34. The van der Waals surface area contributed by atoms with E-state index in [0.717, 1.165) is 54.0 Å². The van der Waals surface area contributed by atoms with Gasteiger partial charge in [-0.2, -0.15) is 0 Å². The van der Waals surface area contributed by atoms with E-state index in [1.807, 2.05) is 24.3 Å². The number of nitrogens with zero attached hydrogens (tertiary/aromatic N) is 2. The molecule has 0 saturated heterocycles. The van der Waals surface area contributed by atoms with Gasteiger partial charge in [0.05, 0.1) is 6.61 Å². The lowest BCUT2D eigenvalue weighted by atomic mass is 10.1. The Morgan fingerprint density at radius 3 is 2.00 bits per heavy atom. The second-order valence-electron chi connectivity index (χ2n) is 9.49. The fourth-order valence-corrected chi connectivity index (χ4v) is 5.05. The lowest BCUT2D eigenvalue weighted by Crippen LogP contribution is -1.97. The lowest BCUT2D eigenvalue weighted by molar-refractivity contribution is 0.304. The minimum Gasteiger partial charge on any atom is -0.494 e. The summed E-state index contributed by atoms with van der Waals surface area (Å²) < 4.78 is 11.6. The highest BCUT2D eigenvalue weighted by atomic mass is 35.5. The normalized spacial score (nSPS) is 11.3. The summed E-state index contributed by atoms with van der Waals surface area (Å²) in [5.41, 5.74) is 1.13. The average molecular weight is 523 g/mol. The molecule has 1 aromatic carbocycles. The van der Waals surface area contributed by atoms with Crippen LogP contribution in [-0.4, -0.2) is 22.6 Å². The highest BCUT2D eigenvalue weighted by Crippen LogP contribution is 2.20. The zero-order chi connectivity index (χ0) is 24.8. The quantitative estimate of drug-likeness (QED) is 0.0825. The third-order valence-electron chi connectivity index (χ3n) is 6.30. The van der Waals surface area contributed by atoms with Crippen LogP contribution in [0.3, 0.4) is 0 Å². The Bertz CT molecular complexity index is 739. The van der Waals surface area contributed by atoms with Crippen LogP contribution in [0.25, 0.3) is 0 Å². The molecule has 0 bridgehead atoms. The first-order chi connectivity index (χ1) is 17.3. The van der Waals surface area contributed by atoms with E-state index in [1.54, 1.807) is 11.8 Å². The largest absolute Gasteiger partial charge is 0.494 e. The van der Waals surface area contributed by atoms with Gasteiger partial charge in [0, 0.05) is 18.1 Å². The van der Waals surface area contributed by atoms with Crippen molar-refractivity contribution in [3.05, 3.63) is 35.7 Å². The van der Waals surface area contributed by atoms with Gasteiger partial charge in [0.2, 0.25) is 5.89 Å². The molecular weight excluding hydrogens is 476 g/mol. The van der Waals surface area contributed by atoms with E-state index >= 15 is 0 Å². The van der Waals surface area contributed by atoms with Crippen LogP contribution in [0.1, 0.15) is 121 Å². The minimum absolute atomic E-state index is 0.552. The first-order valence-electron chi connectivity index (χ1n) is 14.0. The van der Waals surface area contributed by atoms with Crippen molar-refractivity contribution in [2.45, 2.75) is 127 Å². The summed E-state index contributed by atoms with van der Waals surface area (Å²) in [6.45, 7) is 3.07. The molecule has 0 fully saturated rings. The molecule has 2 aromatic rings. The van der Waals surface area contributed by atoms with Crippen molar-refractivity contribution in [2.24, 2.45) is 0 Å². The molecule has 0 unspecified atom stereocenters. The zero-order valence-corrected chi connectivity index (χ0v) is 23.5. The number of unbranched alkanes of at least 4 members (excludes halogenated alkanes) is 14. The first-order valence-corrected chi connectivity index (χ1v) is 15.6. The number of benzene rings is 1. The SMILES string of the molecule is CCCCCCCCCCSc1nnc(CCCCCCCCCCOc2ccc(CCl)cc2)o1. The molecular formula is C29H47ClN2O2S. The van der Waals surface area contributed by atoms with Gasteiger partial charge in [0.1, 0.15) is 5.75 Å². The number of aryl methyl sites for hydroxylation is 1. The molecule has 2 rings (SSSR count). The molecule has 6 heteroatoms. The monoisotopic (exact) mass is 522 g/mol. The Kier molecular flexibility index (Phi) is 18.0. The van der Waals surface area contributed by atoms with E-state index in [9.17, 15) is 0 Å². The van der Waals surface area contributed by atoms with Gasteiger partial charge in [-0.3, -0.25) is 0 Å². The number of aromatic nitrogens is 2. The smallest absolute Gasteiger partial charge is 0.276 e. The van der Waals surface area contributed by atoms with Gasteiger partial charge < -0.3 is 9.15 Å². The third-order valence-corrected chi connectivity index (χ3v) is 7.52. The maximum absolute atomic E-state index is 5.81. The van der Waals surface area contributed by atoms with Gasteiger partial charge in [-0.15, -0.1) is 21.8 Å². The summed E-state index contributed by atoms with van der Waals surface area (Å²) in [6.07, 6.45) is 21.7. The maximum Gasteiger partial charge on any atom is 0.276 e. The molecule has 35 heavy (non-hydrogen) atoms. The molecule has 1 aromatic heterocycles. The van der Waals surface area contributed by atoms with Crippen LogP contribution in [0.5, 0.6) is 5.75 Å². The number of halogens is 1. The highest BCUT2D eigenvalue weighted by Gasteiger charge is 2.06. The summed E-state index contributed by atoms with van der Waals surface area (Å²) in [7, 11) is 0. The van der Waals surface area contributed by atoms with Crippen molar-refractivity contribution in [1.29, 1.82) is 0 Å². The predicted octanol–water partition coefficient (Wildman–Crippen LogP) is 9.78. The summed E-state index contributed by atoms with van der Waals surface area (Å²) in [4.78, 5) is 0. The van der Waals surface area contributed by atoms with Crippen LogP contribution in [0.15, 0.2) is 33.9 Å². The second-order valence-corrected chi connectivity index (χ2v) is 10.8. The number of alkyl halides is 1. The Balaban J connectivity index is 1.34. The Hall–Kier alpha value is -1.20. The molecule has 0 atom stereocenters. The van der Waals surface area contributed by atoms with E-state index in [4.69, 9.17) is 20.8 Å². The minimum atomic E-state index is 0.552. The summed E-state index contributed by atoms with van der Waals surface area (Å²) in [5.74, 6) is 3.39. The van der Waals surface area contributed by atoms with Gasteiger partial charge in [-0.25, -0.2) is 0 Å². The number of hydrogen-bond acceptors (Lipinski definition) is 5. The van der Waals surface area contributed by atoms with Crippen LogP contribution in [0.2, 0.25) is 0 Å². The van der Waals surface area contributed by atoms with Gasteiger partial charge in [-0.1, -0.05) is 114 Å². The molecule has 0 aliphatic carbocycles. The first kappa shape index (κ1) is 30.0. The topological polar surface area (TPSA) is 48.2 Å². The van der Waals surface area contributed by atoms with Crippen LogP contribution in [0, 0.1) is 0 Å². The van der Waals surface area contributed by atoms with Crippen LogP contribution in [-0.2, 0) is 12.3 Å². The Morgan fingerprint density at radius 2 is 1.34 bits per heavy atom. The Morgan fingerprint density at radius 1 is 0.743 bits per heavy atom. The standard InChI is InChI=1S/C29H47ClN2O2S/c1-2-3-4-5-6-11-14-17-24-35-29-32-31-28(34-29)18-15-12-9-7-8-10-13-16-23-33-27-21-19-26(25-30)20-22-27/h19-22H,2-18,23-25H2,1H3. The van der Waals surface area contributed by atoms with Crippen molar-refractivity contribution in [3.63, 3.8) is 0 Å². The van der Waals surface area contributed by atoms with E-state index in [-0.39, 0.29) is 0 Å². The van der Waals surface area contributed by atoms with Crippen molar-refractivity contribution >= 4 is 23.4 Å². The molecule has 1 heterocycles. The van der Waals surface area contributed by atoms with E-state index in [1.165, 1.54) is 89.9 Å². The fourth-order valence-electron chi connectivity index (χ4n) is 4.10. The van der Waals surface area contributed by atoms with Crippen molar-refractivity contribution in [3.8, 4) is 5.75 Å². The van der Waals surface area contributed by atoms with E-state index in [0.29, 0.717) is 5.88 Å². The van der Waals surface area contributed by atoms with E-state index in [2.05, 4.69) is 17.1 Å². The Labute approximate surface area is 223 Å². The molecule has 0 spiro atoms. The number of hydrogen-bond donors (Lipinski definition) is 0. The molecule has 0 saturated carbocycles. The summed E-state index contributed by atoms with van der Waals surface area (Å²) in [5, 5.41) is 9.18. The van der Waals surface area contributed by atoms with Crippen LogP contribution in [0.4, 0.5) is 0 Å². The lowest BCUT2D eigenvalue weighted by Gasteiger charge is -2.06. The van der Waals surface area contributed by atoms with Gasteiger partial charge in [-0.05, 0) is 37.0 Å². The summed E-state index contributed by atoms with van der Waals surface area (Å²) in [6, 6.07) is 8.06. The highest BCUT2D eigenvalue weighted by molar-refractivity contribution is 7.99. The van der Waals surface area contributed by atoms with Gasteiger partial charge in [0.25, 0.3) is 5.22 Å². The van der Waals surface area contributed by atoms with Gasteiger partial charge >= 0.3 is 0 Å². The molecule has 198 valence electrons. The second kappa shape index (κ2) is 20.9. The third kappa shape index (κ3) is 15.5. The van der Waals surface area contributed by atoms with Crippen molar-refractivity contribution in [1.82, 2.24) is 10.2 Å². The van der Waals surface area contributed by atoms with Crippen LogP contribution < -0.4 is 4.74 Å². The number of ether oxygens (including phenoxy) is 1. The molecule has 0 N–H and O–H groups in total. The predicted molar refractivity (Wildman–Crippen MR) is 150 cm³/mol. The fraction of sp³-hybridized carbons (Fsp3) is 0.724. The molecule has 0 aliphatic rings. The van der Waals surface area contributed by atoms with E-state index < -0.39 is 0 Å². The van der Waals surface area contributed by atoms with Crippen molar-refractivity contribution < 1.29 is 9.15 Å². The zero-order valence-electron chi connectivity index (χ0n) is 21.9. The van der Waals surface area contributed by atoms with Crippen molar-refractivity contribution in [2.75, 3.05) is 12.4 Å². The summed E-state index contributed by atoms with van der Waals surface area (Å²) >= 11 is 7.53. The number of thioether (sulfide) groups is 1. The molecule has 4 nitrogen and oxygen atoms in total. The molecule has 0 radical (unpaired) electrons.